The molecule has 3 heterocycles. The lowest BCUT2D eigenvalue weighted by Crippen LogP contribution is -2.66. The van der Waals surface area contributed by atoms with Crippen LogP contribution in [0.25, 0.3) is 28.2 Å². The lowest BCUT2D eigenvalue weighted by Gasteiger charge is -2.43. The molecular formula is C39H45F2N5O2Si2. The molecule has 0 atom stereocenters. The second-order valence-electron chi connectivity index (χ2n) is 14.9. The average Bonchev–Trinajstić information content (AvgIpc) is 3.68. The number of nitrogen functional groups attached to an aromatic ring is 1. The van der Waals surface area contributed by atoms with Gasteiger partial charge in [-0.05, 0) is 39.7 Å². The van der Waals surface area contributed by atoms with E-state index in [1.54, 1.807) is 29.1 Å². The molecule has 2 N–H and O–H groups in total. The van der Waals surface area contributed by atoms with E-state index in [-0.39, 0.29) is 23.0 Å². The average molecular weight is 710 g/mol. The van der Waals surface area contributed by atoms with Crippen LogP contribution in [0, 0.1) is 11.6 Å². The summed E-state index contributed by atoms with van der Waals surface area (Å²) in [7, 11) is -4.16. The number of halogens is 2. The van der Waals surface area contributed by atoms with E-state index in [1.165, 1.54) is 22.5 Å². The van der Waals surface area contributed by atoms with E-state index in [0.29, 0.717) is 30.3 Å². The van der Waals surface area contributed by atoms with E-state index in [1.807, 2.05) is 22.9 Å². The van der Waals surface area contributed by atoms with Crippen LogP contribution < -0.4 is 16.1 Å². The summed E-state index contributed by atoms with van der Waals surface area (Å²) in [5, 5.41) is 2.19. The van der Waals surface area contributed by atoms with Crippen LogP contribution in [-0.2, 0) is 22.5 Å². The third-order valence-electron chi connectivity index (χ3n) is 9.16. The van der Waals surface area contributed by atoms with E-state index >= 15 is 0 Å². The molecule has 0 aliphatic carbocycles. The molecule has 0 bridgehead atoms. The Bertz CT molecular complexity index is 2050. The number of nitrogens with zero attached hydrogens (tertiary/aromatic N) is 4. The number of hydrogen-bond acceptors (Lipinski definition) is 5. The van der Waals surface area contributed by atoms with Gasteiger partial charge < -0.3 is 23.9 Å². The van der Waals surface area contributed by atoms with Gasteiger partial charge in [-0.2, -0.15) is 0 Å². The number of aromatic nitrogens is 4. The highest BCUT2D eigenvalue weighted by Crippen LogP contribution is 2.38. The first kappa shape index (κ1) is 35.4. The molecule has 260 valence electrons. The molecule has 6 aromatic rings. The van der Waals surface area contributed by atoms with Crippen LogP contribution in [0.1, 0.15) is 26.5 Å². The molecule has 0 unspecified atom stereocenters. The number of benzene rings is 3. The van der Waals surface area contributed by atoms with Crippen molar-refractivity contribution in [3.63, 3.8) is 0 Å². The van der Waals surface area contributed by atoms with Gasteiger partial charge in [-0.15, -0.1) is 0 Å². The summed E-state index contributed by atoms with van der Waals surface area (Å²) in [6, 6.07) is 28.0. The zero-order chi connectivity index (χ0) is 35.7. The summed E-state index contributed by atoms with van der Waals surface area (Å²) < 4.78 is 47.1. The fourth-order valence-corrected chi connectivity index (χ4v) is 11.8. The Balaban J connectivity index is 1.41. The minimum Gasteiger partial charge on any atom is -0.402 e. The van der Waals surface area contributed by atoms with Gasteiger partial charge in [-0.3, -0.25) is 0 Å². The van der Waals surface area contributed by atoms with E-state index < -0.39 is 28.0 Å². The molecule has 0 saturated carbocycles. The van der Waals surface area contributed by atoms with E-state index in [0.717, 1.165) is 17.3 Å². The summed E-state index contributed by atoms with van der Waals surface area (Å²) in [5.41, 5.74) is 8.03. The minimum absolute atomic E-state index is 0.114. The molecule has 3 aromatic heterocycles. The van der Waals surface area contributed by atoms with Crippen molar-refractivity contribution in [3.05, 3.63) is 121 Å². The fraction of sp³-hybridized carbons (Fsp3) is 0.282. The topological polar surface area (TPSA) is 79.6 Å². The molecule has 7 nitrogen and oxygen atoms in total. The van der Waals surface area contributed by atoms with Crippen LogP contribution in [-0.4, -0.2) is 41.9 Å². The normalized spacial score (nSPS) is 12.6. The predicted molar refractivity (Wildman–Crippen MR) is 203 cm³/mol. The van der Waals surface area contributed by atoms with Crippen LogP contribution >= 0.6 is 0 Å². The van der Waals surface area contributed by atoms with Crippen molar-refractivity contribution in [1.82, 2.24) is 18.9 Å². The highest BCUT2D eigenvalue weighted by Gasteiger charge is 2.50. The van der Waals surface area contributed by atoms with Crippen LogP contribution in [0.15, 0.2) is 104 Å². The number of nitrogens with two attached hydrogens (primary N) is 1. The molecule has 50 heavy (non-hydrogen) atoms. The fourth-order valence-electron chi connectivity index (χ4n) is 6.49. The molecule has 6 rings (SSSR count). The first-order valence-electron chi connectivity index (χ1n) is 16.9. The Hall–Kier alpha value is -4.43. The van der Waals surface area contributed by atoms with E-state index in [9.17, 15) is 8.78 Å². The van der Waals surface area contributed by atoms with Crippen molar-refractivity contribution in [2.45, 2.75) is 64.8 Å². The van der Waals surface area contributed by atoms with Crippen LogP contribution in [0.4, 0.5) is 14.5 Å². The second kappa shape index (κ2) is 14.1. The molecule has 0 radical (unpaired) electrons. The Morgan fingerprint density at radius 2 is 1.50 bits per heavy atom. The molecule has 11 heteroatoms. The van der Waals surface area contributed by atoms with Crippen molar-refractivity contribution in [1.29, 1.82) is 0 Å². The second-order valence-corrected chi connectivity index (χ2v) is 24.9. The Kier molecular flexibility index (Phi) is 9.96. The van der Waals surface area contributed by atoms with Gasteiger partial charge >= 0.3 is 0 Å². The van der Waals surface area contributed by atoms with Crippen LogP contribution in [0.5, 0.6) is 0 Å². The highest BCUT2D eigenvalue weighted by atomic mass is 28.4. The summed E-state index contributed by atoms with van der Waals surface area (Å²) in [6.45, 7) is 15.0. The van der Waals surface area contributed by atoms with Gasteiger partial charge in [-0.25, -0.2) is 18.7 Å². The SMILES string of the molecule is CC(C)(C)[Si](OCc1cnc(-c2ncn3cc(-c4c(F)ccc(N)c4F)ccc23)n1COCC[Si](C)(C)C)(c1ccccc1)c1ccccc1. The molecule has 0 fully saturated rings. The van der Waals surface area contributed by atoms with Gasteiger partial charge in [0.2, 0.25) is 0 Å². The molecule has 0 amide bonds. The van der Waals surface area contributed by atoms with E-state index in [2.05, 4.69) is 88.9 Å². The number of fused-ring (bicyclic) bond motifs is 1. The highest BCUT2D eigenvalue weighted by molar-refractivity contribution is 6.99. The molecular weight excluding hydrogens is 665 g/mol. The van der Waals surface area contributed by atoms with Gasteiger partial charge in [0.1, 0.15) is 24.6 Å². The van der Waals surface area contributed by atoms with Gasteiger partial charge in [-0.1, -0.05) is 107 Å². The maximum atomic E-state index is 14.9. The van der Waals surface area contributed by atoms with Crippen molar-refractivity contribution in [2.24, 2.45) is 0 Å². The third kappa shape index (κ3) is 6.95. The van der Waals surface area contributed by atoms with Crippen LogP contribution in [0.3, 0.4) is 0 Å². The number of imidazole rings is 2. The Morgan fingerprint density at radius 3 is 2.12 bits per heavy atom. The molecule has 0 spiro atoms. The van der Waals surface area contributed by atoms with Gasteiger partial charge in [0.15, 0.2) is 11.6 Å². The zero-order valence-electron chi connectivity index (χ0n) is 29.6. The Morgan fingerprint density at radius 1 is 0.840 bits per heavy atom. The lowest BCUT2D eigenvalue weighted by molar-refractivity contribution is 0.0838. The van der Waals surface area contributed by atoms with Gasteiger partial charge in [0, 0.05) is 26.4 Å². The van der Waals surface area contributed by atoms with Gasteiger partial charge in [0.25, 0.3) is 8.32 Å². The first-order valence-corrected chi connectivity index (χ1v) is 22.5. The van der Waals surface area contributed by atoms with Crippen LogP contribution in [0.2, 0.25) is 30.7 Å². The predicted octanol–water partition coefficient (Wildman–Crippen LogP) is 8.11. The smallest absolute Gasteiger partial charge is 0.261 e. The van der Waals surface area contributed by atoms with Crippen molar-refractivity contribution in [3.8, 4) is 22.6 Å². The number of pyridine rings is 1. The first-order chi connectivity index (χ1) is 23.8. The quantitative estimate of drug-likeness (QED) is 0.0789. The maximum absolute atomic E-state index is 14.9. The third-order valence-corrected chi connectivity index (χ3v) is 15.8. The summed E-state index contributed by atoms with van der Waals surface area (Å²) in [4.78, 5) is 9.61. The zero-order valence-corrected chi connectivity index (χ0v) is 31.6. The van der Waals surface area contributed by atoms with Gasteiger partial charge in [0.05, 0.1) is 35.3 Å². The van der Waals surface area contributed by atoms with Crippen molar-refractivity contribution in [2.75, 3.05) is 12.3 Å². The van der Waals surface area contributed by atoms with Crippen molar-refractivity contribution >= 4 is 38.0 Å². The largest absolute Gasteiger partial charge is 0.402 e. The Labute approximate surface area is 294 Å². The molecule has 0 aliphatic rings. The summed E-state index contributed by atoms with van der Waals surface area (Å²) in [6.07, 6.45) is 5.11. The van der Waals surface area contributed by atoms with Crippen molar-refractivity contribution < 1.29 is 17.9 Å². The molecule has 3 aromatic carbocycles. The number of anilines is 1. The minimum atomic E-state index is -2.84. The van der Waals surface area contributed by atoms with E-state index in [4.69, 9.17) is 24.9 Å². The molecule has 0 aliphatic heterocycles. The number of rotatable bonds is 12. The number of ether oxygens (including phenoxy) is 1. The number of hydrogen-bond donors (Lipinski definition) is 1. The molecule has 0 saturated heterocycles. The summed E-state index contributed by atoms with van der Waals surface area (Å²) >= 11 is 0. The standard InChI is InChI=1S/C39H45F2N5O2Si2/c1-39(2,3)50(30-13-9-7-10-14-30,31-15-11-8-12-16-31)48-25-29-23-43-38(46(29)27-47-21-22-49(4,5)6)37-34-20-17-28(24-45(34)26-44-37)35-32(40)18-19-33(42)36(35)41/h7-20,23-24,26H,21-22,25,27,42H2,1-6H3. The maximum Gasteiger partial charge on any atom is 0.261 e. The monoisotopic (exact) mass is 709 g/mol. The summed E-state index contributed by atoms with van der Waals surface area (Å²) in [5.74, 6) is -0.857. The lowest BCUT2D eigenvalue weighted by atomic mass is 10.0.